The number of phenols is 1. The lowest BCUT2D eigenvalue weighted by atomic mass is 10.2. The van der Waals surface area contributed by atoms with E-state index in [2.05, 4.69) is 15.9 Å². The number of hydrogen-bond donors (Lipinski definition) is 2. The smallest absolute Gasteiger partial charge is 0.122 e. The van der Waals surface area contributed by atoms with Gasteiger partial charge < -0.3 is 10.2 Å². The van der Waals surface area contributed by atoms with Crippen molar-refractivity contribution in [2.45, 2.75) is 0 Å². The lowest BCUT2D eigenvalue weighted by molar-refractivity contribution is 0.343. The molecule has 0 aliphatic carbocycles. The number of benzene rings is 1. The third-order valence-corrected chi connectivity index (χ3v) is 1.89. The molecule has 2 nitrogen and oxygen atoms in total. The first-order chi connectivity index (χ1) is 5.74. The maximum atomic E-state index is 9.31. The van der Waals surface area contributed by atoms with Crippen molar-refractivity contribution in [3.63, 3.8) is 0 Å². The van der Waals surface area contributed by atoms with Crippen LogP contribution in [-0.4, -0.2) is 16.8 Å². The van der Waals surface area contributed by atoms with Crippen molar-refractivity contribution < 1.29 is 10.2 Å². The summed E-state index contributed by atoms with van der Waals surface area (Å²) in [5, 5.41) is 17.8. The number of phenolic OH excluding ortho intramolecular Hbond substituents is 1. The second-order valence-electron chi connectivity index (χ2n) is 2.29. The first kappa shape index (κ1) is 9.29. The summed E-state index contributed by atoms with van der Waals surface area (Å²) in [7, 11) is 0. The Balaban J connectivity index is 2.97. The predicted molar refractivity (Wildman–Crippen MR) is 51.9 cm³/mol. The number of aliphatic hydroxyl groups is 1. The second-order valence-corrected chi connectivity index (χ2v) is 3.20. The van der Waals surface area contributed by atoms with Gasteiger partial charge in [0.1, 0.15) is 5.75 Å². The minimum atomic E-state index is -0.0219. The molecule has 0 amide bonds. The van der Waals surface area contributed by atoms with Crippen LogP contribution in [0.25, 0.3) is 6.08 Å². The van der Waals surface area contributed by atoms with Crippen LogP contribution in [0.2, 0.25) is 0 Å². The standard InChI is InChI=1S/C9H9BrO2/c10-8-3-4-9(12)7(6-8)2-1-5-11/h1-4,6,11-12H,5H2/b2-1+. The van der Waals surface area contributed by atoms with Crippen LogP contribution >= 0.6 is 15.9 Å². The summed E-state index contributed by atoms with van der Waals surface area (Å²) in [5.74, 6) is 0.211. The molecule has 0 aliphatic heterocycles. The molecule has 1 rings (SSSR count). The van der Waals surface area contributed by atoms with Crippen molar-refractivity contribution in [3.8, 4) is 5.75 Å². The van der Waals surface area contributed by atoms with Crippen LogP contribution in [0.15, 0.2) is 28.7 Å². The van der Waals surface area contributed by atoms with E-state index in [1.165, 1.54) is 0 Å². The Labute approximate surface area is 79.3 Å². The van der Waals surface area contributed by atoms with Gasteiger partial charge in [0, 0.05) is 10.0 Å². The lowest BCUT2D eigenvalue weighted by Gasteiger charge is -1.98. The molecule has 1 aromatic rings. The number of aromatic hydroxyl groups is 1. The van der Waals surface area contributed by atoms with Crippen molar-refractivity contribution in [1.82, 2.24) is 0 Å². The molecule has 0 saturated carbocycles. The van der Waals surface area contributed by atoms with Crippen LogP contribution in [-0.2, 0) is 0 Å². The monoisotopic (exact) mass is 228 g/mol. The third kappa shape index (κ3) is 2.36. The summed E-state index contributed by atoms with van der Waals surface area (Å²) in [6, 6.07) is 5.13. The Morgan fingerprint density at radius 3 is 2.83 bits per heavy atom. The summed E-state index contributed by atoms with van der Waals surface area (Å²) in [4.78, 5) is 0. The number of hydrogen-bond acceptors (Lipinski definition) is 2. The van der Waals surface area contributed by atoms with Crippen molar-refractivity contribution in [3.05, 3.63) is 34.3 Å². The maximum Gasteiger partial charge on any atom is 0.122 e. The Bertz CT molecular complexity index is 295. The molecule has 0 radical (unpaired) electrons. The highest BCUT2D eigenvalue weighted by molar-refractivity contribution is 9.10. The first-order valence-corrected chi connectivity index (χ1v) is 4.29. The molecular formula is C9H9BrO2. The van der Waals surface area contributed by atoms with Gasteiger partial charge in [0.25, 0.3) is 0 Å². The largest absolute Gasteiger partial charge is 0.507 e. The molecule has 64 valence electrons. The van der Waals surface area contributed by atoms with E-state index in [-0.39, 0.29) is 12.4 Å². The molecule has 0 bridgehead atoms. The van der Waals surface area contributed by atoms with E-state index in [1.54, 1.807) is 30.4 Å². The molecule has 3 heteroatoms. The van der Waals surface area contributed by atoms with Gasteiger partial charge in [-0.1, -0.05) is 28.1 Å². The Kier molecular flexibility index (Phi) is 3.31. The van der Waals surface area contributed by atoms with Crippen molar-refractivity contribution in [2.75, 3.05) is 6.61 Å². The highest BCUT2D eigenvalue weighted by Gasteiger charge is 1.96. The molecule has 2 N–H and O–H groups in total. The highest BCUT2D eigenvalue weighted by Crippen LogP contribution is 2.22. The number of halogens is 1. The Hall–Kier alpha value is -0.800. The molecule has 0 atom stereocenters. The molecule has 0 fully saturated rings. The van der Waals surface area contributed by atoms with Gasteiger partial charge in [-0.05, 0) is 18.2 Å². The topological polar surface area (TPSA) is 40.5 Å². The molecule has 0 aromatic heterocycles. The van der Waals surface area contributed by atoms with Gasteiger partial charge in [0.05, 0.1) is 6.61 Å². The SMILES string of the molecule is OC/C=C/c1cc(Br)ccc1O. The van der Waals surface area contributed by atoms with E-state index in [9.17, 15) is 5.11 Å². The molecule has 0 heterocycles. The van der Waals surface area contributed by atoms with Gasteiger partial charge in [0.15, 0.2) is 0 Å². The summed E-state index contributed by atoms with van der Waals surface area (Å²) in [6.07, 6.45) is 3.24. The van der Waals surface area contributed by atoms with Gasteiger partial charge in [-0.3, -0.25) is 0 Å². The van der Waals surface area contributed by atoms with Crippen molar-refractivity contribution in [1.29, 1.82) is 0 Å². The summed E-state index contributed by atoms with van der Waals surface area (Å²) in [5.41, 5.74) is 0.693. The molecular weight excluding hydrogens is 220 g/mol. The fraction of sp³-hybridized carbons (Fsp3) is 0.111. The average Bonchev–Trinajstić information content (AvgIpc) is 2.07. The van der Waals surface area contributed by atoms with Crippen LogP contribution in [0.3, 0.4) is 0 Å². The molecule has 12 heavy (non-hydrogen) atoms. The lowest BCUT2D eigenvalue weighted by Crippen LogP contribution is -1.76. The van der Waals surface area contributed by atoms with E-state index >= 15 is 0 Å². The molecule has 1 aromatic carbocycles. The van der Waals surface area contributed by atoms with Crippen LogP contribution < -0.4 is 0 Å². The van der Waals surface area contributed by atoms with E-state index < -0.39 is 0 Å². The van der Waals surface area contributed by atoms with Gasteiger partial charge >= 0.3 is 0 Å². The van der Waals surface area contributed by atoms with Crippen LogP contribution in [0.1, 0.15) is 5.56 Å². The zero-order valence-electron chi connectivity index (χ0n) is 6.37. The molecule has 0 unspecified atom stereocenters. The van der Waals surface area contributed by atoms with E-state index in [4.69, 9.17) is 5.11 Å². The van der Waals surface area contributed by atoms with Gasteiger partial charge in [-0.15, -0.1) is 0 Å². The fourth-order valence-corrected chi connectivity index (χ4v) is 1.22. The number of rotatable bonds is 2. The third-order valence-electron chi connectivity index (χ3n) is 1.39. The van der Waals surface area contributed by atoms with E-state index in [0.29, 0.717) is 5.56 Å². The summed E-state index contributed by atoms with van der Waals surface area (Å²) >= 11 is 3.28. The minimum Gasteiger partial charge on any atom is -0.507 e. The van der Waals surface area contributed by atoms with Crippen molar-refractivity contribution >= 4 is 22.0 Å². The molecule has 0 spiro atoms. The zero-order chi connectivity index (χ0) is 8.97. The predicted octanol–water partition coefficient (Wildman–Crippen LogP) is 2.16. The molecule has 0 aliphatic rings. The number of aliphatic hydroxyl groups excluding tert-OH is 1. The van der Waals surface area contributed by atoms with Crippen LogP contribution in [0.5, 0.6) is 5.75 Å². The second kappa shape index (κ2) is 4.28. The molecule has 0 saturated heterocycles. The van der Waals surface area contributed by atoms with Gasteiger partial charge in [0.2, 0.25) is 0 Å². The first-order valence-electron chi connectivity index (χ1n) is 3.50. The van der Waals surface area contributed by atoms with Crippen LogP contribution in [0.4, 0.5) is 0 Å². The quantitative estimate of drug-likeness (QED) is 0.815. The van der Waals surface area contributed by atoms with Crippen molar-refractivity contribution in [2.24, 2.45) is 0 Å². The van der Waals surface area contributed by atoms with E-state index in [1.807, 2.05) is 0 Å². The summed E-state index contributed by atoms with van der Waals surface area (Å²) in [6.45, 7) is -0.0219. The fourth-order valence-electron chi connectivity index (χ4n) is 0.839. The van der Waals surface area contributed by atoms with Crippen LogP contribution in [0, 0.1) is 0 Å². The minimum absolute atomic E-state index is 0.0219. The highest BCUT2D eigenvalue weighted by atomic mass is 79.9. The Morgan fingerprint density at radius 1 is 1.42 bits per heavy atom. The normalized spacial score (nSPS) is 10.8. The summed E-state index contributed by atoms with van der Waals surface area (Å²) < 4.78 is 0.901. The average molecular weight is 229 g/mol. The van der Waals surface area contributed by atoms with Gasteiger partial charge in [-0.2, -0.15) is 0 Å². The van der Waals surface area contributed by atoms with Gasteiger partial charge in [-0.25, -0.2) is 0 Å². The zero-order valence-corrected chi connectivity index (χ0v) is 7.95. The van der Waals surface area contributed by atoms with E-state index in [0.717, 1.165) is 4.47 Å². The Morgan fingerprint density at radius 2 is 2.17 bits per heavy atom. The maximum absolute atomic E-state index is 9.31.